The van der Waals surface area contributed by atoms with Gasteiger partial charge in [0.2, 0.25) is 0 Å². The molecule has 0 aromatic heterocycles. The molecule has 2 fully saturated rings. The number of allylic oxidation sites excluding steroid dienone is 1. The highest BCUT2D eigenvalue weighted by molar-refractivity contribution is 6.01. The number of ether oxygens (including phenoxy) is 2. The van der Waals surface area contributed by atoms with Crippen molar-refractivity contribution >= 4 is 5.78 Å². The summed E-state index contributed by atoms with van der Waals surface area (Å²) in [7, 11) is 0. The van der Waals surface area contributed by atoms with Crippen LogP contribution in [-0.4, -0.2) is 54.7 Å². The van der Waals surface area contributed by atoms with Gasteiger partial charge in [0.15, 0.2) is 5.78 Å². The van der Waals surface area contributed by atoms with Crippen LogP contribution in [0.3, 0.4) is 0 Å². The lowest BCUT2D eigenvalue weighted by Gasteiger charge is -2.39. The maximum Gasteiger partial charge on any atom is 0.162 e. The van der Waals surface area contributed by atoms with Crippen molar-refractivity contribution in [2.24, 2.45) is 5.92 Å². The lowest BCUT2D eigenvalue weighted by atomic mass is 9.81. The molecule has 1 spiro atoms. The molecule has 5 rings (SSSR count). The number of morpholine rings is 1. The van der Waals surface area contributed by atoms with E-state index in [0.717, 1.165) is 57.7 Å². The maximum absolute atomic E-state index is 12.7. The fourth-order valence-corrected chi connectivity index (χ4v) is 5.52. The number of nitrogens with zero attached hydrogens (tertiary/aromatic N) is 1. The van der Waals surface area contributed by atoms with Crippen LogP contribution in [0.4, 0.5) is 0 Å². The molecule has 124 valence electrons. The third-order valence-electron chi connectivity index (χ3n) is 6.58. The molecule has 1 saturated carbocycles. The largest absolute Gasteiger partial charge is 0.379 e. The summed E-state index contributed by atoms with van der Waals surface area (Å²) >= 11 is 0. The van der Waals surface area contributed by atoms with Crippen molar-refractivity contribution in [3.63, 3.8) is 0 Å². The second-order valence-corrected chi connectivity index (χ2v) is 7.86. The highest BCUT2D eigenvalue weighted by atomic mass is 16.5. The highest BCUT2D eigenvalue weighted by Crippen LogP contribution is 2.56. The third kappa shape index (κ3) is 2.04. The monoisotopic (exact) mass is 315 g/mol. The number of Topliss-reactive ketones (excluding diaryl/α,β-unsaturated/α-hetero) is 1. The lowest BCUT2D eigenvalue weighted by molar-refractivity contribution is -0.124. The molecule has 3 heterocycles. The van der Waals surface area contributed by atoms with Crippen molar-refractivity contribution in [2.45, 2.75) is 49.7 Å². The van der Waals surface area contributed by atoms with E-state index in [1.165, 1.54) is 18.4 Å². The summed E-state index contributed by atoms with van der Waals surface area (Å²) < 4.78 is 12.3. The molecule has 2 bridgehead atoms. The molecule has 2 aliphatic carbocycles. The zero-order valence-electron chi connectivity index (χ0n) is 13.7. The standard InChI is InChI=1S/C19H25NO3/c21-16-4-3-14-12-15-2-1-5-18(15)6-7-19(23-18,17(14)16)13-20-8-10-22-11-9-20/h6-7,15H,1-5,8-13H2/t15-,18-,19-/m0/s1. The van der Waals surface area contributed by atoms with Crippen LogP contribution in [0, 0.1) is 5.92 Å². The van der Waals surface area contributed by atoms with Gasteiger partial charge >= 0.3 is 0 Å². The Bertz CT molecular complexity index is 604. The first-order chi connectivity index (χ1) is 11.2. The Morgan fingerprint density at radius 1 is 1.22 bits per heavy atom. The molecule has 3 aliphatic heterocycles. The minimum absolute atomic E-state index is 0.100. The molecule has 3 atom stereocenters. The minimum Gasteiger partial charge on any atom is -0.379 e. The minimum atomic E-state index is -0.487. The predicted octanol–water partition coefficient (Wildman–Crippen LogP) is 2.25. The topological polar surface area (TPSA) is 38.8 Å². The summed E-state index contributed by atoms with van der Waals surface area (Å²) in [5, 5.41) is 0. The zero-order chi connectivity index (χ0) is 15.5. The van der Waals surface area contributed by atoms with Crippen LogP contribution in [0.2, 0.25) is 0 Å². The molecule has 0 aromatic rings. The van der Waals surface area contributed by atoms with Gasteiger partial charge in [-0.05, 0) is 44.1 Å². The van der Waals surface area contributed by atoms with Gasteiger partial charge in [0.1, 0.15) is 5.60 Å². The number of rotatable bonds is 2. The summed E-state index contributed by atoms with van der Waals surface area (Å²) in [5.41, 5.74) is 1.84. The van der Waals surface area contributed by atoms with Crippen LogP contribution in [0.15, 0.2) is 23.3 Å². The quantitative estimate of drug-likeness (QED) is 0.733. The highest BCUT2D eigenvalue weighted by Gasteiger charge is 2.57. The van der Waals surface area contributed by atoms with E-state index in [1.807, 2.05) is 0 Å². The first-order valence-corrected chi connectivity index (χ1v) is 9.17. The van der Waals surface area contributed by atoms with E-state index in [4.69, 9.17) is 9.47 Å². The van der Waals surface area contributed by atoms with E-state index in [1.54, 1.807) is 0 Å². The second-order valence-electron chi connectivity index (χ2n) is 7.86. The SMILES string of the molecule is O=C1CCC2=C1[C@@]1(CN3CCOCC3)C=C[C@]3(CCC[C@H]3C2)O1. The molecule has 4 nitrogen and oxygen atoms in total. The Hall–Kier alpha value is -0.970. The van der Waals surface area contributed by atoms with Gasteiger partial charge in [-0.15, -0.1) is 0 Å². The molecule has 0 radical (unpaired) electrons. The molecule has 0 N–H and O–H groups in total. The number of carbonyl (C=O) groups excluding carboxylic acids is 1. The van der Waals surface area contributed by atoms with Crippen molar-refractivity contribution < 1.29 is 14.3 Å². The molecule has 1 saturated heterocycles. The Morgan fingerprint density at radius 3 is 2.96 bits per heavy atom. The third-order valence-corrected chi connectivity index (χ3v) is 6.58. The molecular formula is C19H25NO3. The van der Waals surface area contributed by atoms with Crippen molar-refractivity contribution in [1.29, 1.82) is 0 Å². The summed E-state index contributed by atoms with van der Waals surface area (Å²) in [6.45, 7) is 4.26. The normalized spacial score (nSPS) is 43.0. The van der Waals surface area contributed by atoms with Crippen molar-refractivity contribution in [3.05, 3.63) is 23.3 Å². The van der Waals surface area contributed by atoms with Gasteiger partial charge in [0.25, 0.3) is 0 Å². The Balaban J connectivity index is 1.55. The van der Waals surface area contributed by atoms with E-state index in [2.05, 4.69) is 17.1 Å². The van der Waals surface area contributed by atoms with Gasteiger partial charge in [-0.2, -0.15) is 0 Å². The fourth-order valence-electron chi connectivity index (χ4n) is 5.52. The number of ketones is 1. The van der Waals surface area contributed by atoms with E-state index in [-0.39, 0.29) is 5.60 Å². The van der Waals surface area contributed by atoms with Gasteiger partial charge in [0.05, 0.1) is 18.8 Å². The van der Waals surface area contributed by atoms with E-state index in [9.17, 15) is 4.79 Å². The predicted molar refractivity (Wildman–Crippen MR) is 86.2 cm³/mol. The average molecular weight is 315 g/mol. The molecule has 0 amide bonds. The van der Waals surface area contributed by atoms with Crippen LogP contribution < -0.4 is 0 Å². The smallest absolute Gasteiger partial charge is 0.162 e. The Kier molecular flexibility index (Phi) is 3.13. The van der Waals surface area contributed by atoms with Gasteiger partial charge in [0, 0.05) is 31.6 Å². The summed E-state index contributed by atoms with van der Waals surface area (Å²) in [4.78, 5) is 15.1. The van der Waals surface area contributed by atoms with Crippen LogP contribution >= 0.6 is 0 Å². The number of carbonyl (C=O) groups is 1. The van der Waals surface area contributed by atoms with Gasteiger partial charge in [-0.3, -0.25) is 9.69 Å². The van der Waals surface area contributed by atoms with E-state index in [0.29, 0.717) is 18.1 Å². The van der Waals surface area contributed by atoms with Crippen molar-refractivity contribution in [2.75, 3.05) is 32.8 Å². The van der Waals surface area contributed by atoms with Crippen LogP contribution in [0.25, 0.3) is 0 Å². The number of hydrogen-bond donors (Lipinski definition) is 0. The van der Waals surface area contributed by atoms with Gasteiger partial charge in [-0.1, -0.05) is 11.6 Å². The maximum atomic E-state index is 12.7. The number of hydrogen-bond acceptors (Lipinski definition) is 4. The Labute approximate surface area is 137 Å². The van der Waals surface area contributed by atoms with Crippen LogP contribution in [0.1, 0.15) is 38.5 Å². The molecule has 23 heavy (non-hydrogen) atoms. The van der Waals surface area contributed by atoms with Crippen LogP contribution in [0.5, 0.6) is 0 Å². The summed E-state index contributed by atoms with van der Waals surface area (Å²) in [5.74, 6) is 0.902. The Morgan fingerprint density at radius 2 is 2.09 bits per heavy atom. The van der Waals surface area contributed by atoms with Crippen LogP contribution in [-0.2, 0) is 14.3 Å². The summed E-state index contributed by atoms with van der Waals surface area (Å²) in [6, 6.07) is 0. The molecule has 5 aliphatic rings. The lowest BCUT2D eigenvalue weighted by Crippen LogP contribution is -2.50. The fraction of sp³-hybridized carbons (Fsp3) is 0.737. The van der Waals surface area contributed by atoms with Gasteiger partial charge < -0.3 is 9.47 Å². The summed E-state index contributed by atoms with van der Waals surface area (Å²) in [6.07, 6.45) is 10.9. The zero-order valence-corrected chi connectivity index (χ0v) is 13.7. The average Bonchev–Trinajstić information content (AvgIpc) is 3.20. The first kappa shape index (κ1) is 14.4. The first-order valence-electron chi connectivity index (χ1n) is 9.17. The van der Waals surface area contributed by atoms with E-state index >= 15 is 0 Å². The molecule has 0 unspecified atom stereocenters. The van der Waals surface area contributed by atoms with Crippen molar-refractivity contribution in [1.82, 2.24) is 4.90 Å². The number of fused-ring (bicyclic) bond motifs is 2. The van der Waals surface area contributed by atoms with E-state index < -0.39 is 5.60 Å². The second kappa shape index (κ2) is 5.01. The van der Waals surface area contributed by atoms with Crippen molar-refractivity contribution in [3.8, 4) is 0 Å². The van der Waals surface area contributed by atoms with Gasteiger partial charge in [-0.25, -0.2) is 0 Å². The molecule has 0 aromatic carbocycles. The molecular weight excluding hydrogens is 290 g/mol. The molecule has 4 heteroatoms.